The number of carboxylic acid groups (broad SMARTS) is 1. The molecule has 2 unspecified atom stereocenters. The van der Waals surface area contributed by atoms with Gasteiger partial charge in [0.15, 0.2) is 0 Å². The van der Waals surface area contributed by atoms with E-state index in [0.29, 0.717) is 12.4 Å². The molecule has 116 valence electrons. The SMILES string of the molecule is Cc1nnc(NC(=O)CNCC2CCCCC2C(=O)O)o1. The molecule has 0 spiro atoms. The van der Waals surface area contributed by atoms with E-state index >= 15 is 0 Å². The van der Waals surface area contributed by atoms with Crippen LogP contribution in [0.3, 0.4) is 0 Å². The quantitative estimate of drug-likeness (QED) is 0.710. The van der Waals surface area contributed by atoms with Gasteiger partial charge in [-0.1, -0.05) is 17.9 Å². The number of carboxylic acids is 1. The van der Waals surface area contributed by atoms with Crippen molar-refractivity contribution in [2.45, 2.75) is 32.6 Å². The van der Waals surface area contributed by atoms with Gasteiger partial charge in [0.2, 0.25) is 11.8 Å². The molecule has 0 aliphatic heterocycles. The van der Waals surface area contributed by atoms with Crippen LogP contribution in [0.25, 0.3) is 0 Å². The summed E-state index contributed by atoms with van der Waals surface area (Å²) in [6.45, 7) is 2.24. The largest absolute Gasteiger partial charge is 0.481 e. The molecular formula is C13H20N4O4. The second-order valence-electron chi connectivity index (χ2n) is 5.29. The molecule has 2 rings (SSSR count). The van der Waals surface area contributed by atoms with Gasteiger partial charge in [-0.3, -0.25) is 14.9 Å². The van der Waals surface area contributed by atoms with Crippen molar-refractivity contribution in [3.63, 3.8) is 0 Å². The number of aliphatic carboxylic acids is 1. The molecule has 0 radical (unpaired) electrons. The number of nitrogens with zero attached hydrogens (tertiary/aromatic N) is 2. The summed E-state index contributed by atoms with van der Waals surface area (Å²) in [5, 5.41) is 21.9. The van der Waals surface area contributed by atoms with E-state index < -0.39 is 5.97 Å². The normalized spacial score (nSPS) is 22.0. The summed E-state index contributed by atoms with van der Waals surface area (Å²) in [4.78, 5) is 22.8. The van der Waals surface area contributed by atoms with E-state index in [2.05, 4.69) is 20.8 Å². The number of nitrogens with one attached hydrogen (secondary N) is 2. The summed E-state index contributed by atoms with van der Waals surface area (Å²) in [6.07, 6.45) is 3.61. The van der Waals surface area contributed by atoms with Gasteiger partial charge in [-0.05, 0) is 25.3 Å². The number of hydrogen-bond acceptors (Lipinski definition) is 6. The van der Waals surface area contributed by atoms with Gasteiger partial charge in [0, 0.05) is 6.92 Å². The summed E-state index contributed by atoms with van der Waals surface area (Å²) < 4.78 is 5.04. The Kier molecular flexibility index (Phi) is 5.26. The van der Waals surface area contributed by atoms with Crippen LogP contribution in [0.4, 0.5) is 6.01 Å². The first-order chi connectivity index (χ1) is 10.1. The molecule has 1 aromatic heterocycles. The van der Waals surface area contributed by atoms with Crippen LogP contribution in [0.5, 0.6) is 0 Å². The molecule has 1 saturated carbocycles. The monoisotopic (exact) mass is 296 g/mol. The molecule has 0 saturated heterocycles. The molecule has 3 N–H and O–H groups in total. The molecule has 0 bridgehead atoms. The number of hydrogen-bond donors (Lipinski definition) is 3. The lowest BCUT2D eigenvalue weighted by molar-refractivity contribution is -0.144. The zero-order valence-corrected chi connectivity index (χ0v) is 12.0. The fourth-order valence-corrected chi connectivity index (χ4v) is 2.66. The van der Waals surface area contributed by atoms with E-state index in [1.54, 1.807) is 6.92 Å². The highest BCUT2D eigenvalue weighted by molar-refractivity contribution is 5.90. The van der Waals surface area contributed by atoms with Crippen LogP contribution in [-0.2, 0) is 9.59 Å². The van der Waals surface area contributed by atoms with Crippen LogP contribution in [0.1, 0.15) is 31.6 Å². The third kappa shape index (κ3) is 4.52. The second kappa shape index (κ2) is 7.16. The Morgan fingerprint density at radius 3 is 2.76 bits per heavy atom. The average molecular weight is 296 g/mol. The number of carbonyl (C=O) groups excluding carboxylic acids is 1. The maximum Gasteiger partial charge on any atom is 0.322 e. The van der Waals surface area contributed by atoms with E-state index in [4.69, 9.17) is 4.42 Å². The van der Waals surface area contributed by atoms with Crippen molar-refractivity contribution in [1.82, 2.24) is 15.5 Å². The van der Waals surface area contributed by atoms with Crippen molar-refractivity contribution in [2.24, 2.45) is 11.8 Å². The Morgan fingerprint density at radius 2 is 2.10 bits per heavy atom. The Bertz CT molecular complexity index is 502. The van der Waals surface area contributed by atoms with Crippen LogP contribution < -0.4 is 10.6 Å². The van der Waals surface area contributed by atoms with Gasteiger partial charge in [0.1, 0.15) is 0 Å². The summed E-state index contributed by atoms with van der Waals surface area (Å²) >= 11 is 0. The Morgan fingerprint density at radius 1 is 1.33 bits per heavy atom. The molecule has 8 nitrogen and oxygen atoms in total. The summed E-state index contributed by atoms with van der Waals surface area (Å²) in [5.41, 5.74) is 0. The van der Waals surface area contributed by atoms with Gasteiger partial charge < -0.3 is 14.8 Å². The van der Waals surface area contributed by atoms with E-state index in [0.717, 1.165) is 25.7 Å². The number of aromatic nitrogens is 2. The highest BCUT2D eigenvalue weighted by atomic mass is 16.4. The van der Waals surface area contributed by atoms with E-state index in [1.165, 1.54) is 0 Å². The Hall–Kier alpha value is -1.96. The molecule has 1 fully saturated rings. The molecule has 1 aromatic rings. The maximum absolute atomic E-state index is 11.7. The van der Waals surface area contributed by atoms with Gasteiger partial charge in [-0.25, -0.2) is 0 Å². The van der Waals surface area contributed by atoms with Crippen molar-refractivity contribution in [2.75, 3.05) is 18.4 Å². The van der Waals surface area contributed by atoms with Crippen molar-refractivity contribution in [1.29, 1.82) is 0 Å². The number of rotatable bonds is 6. The predicted molar refractivity (Wildman–Crippen MR) is 73.6 cm³/mol. The average Bonchev–Trinajstić information content (AvgIpc) is 2.84. The van der Waals surface area contributed by atoms with Crippen LogP contribution in [0.15, 0.2) is 4.42 Å². The third-order valence-electron chi connectivity index (χ3n) is 3.69. The standard InChI is InChI=1S/C13H20N4O4/c1-8-16-17-13(21-8)15-11(18)7-14-6-9-4-2-3-5-10(9)12(19)20/h9-10,14H,2-7H2,1H3,(H,19,20)(H,15,17,18). The zero-order chi connectivity index (χ0) is 15.2. The molecular weight excluding hydrogens is 276 g/mol. The first-order valence-corrected chi connectivity index (χ1v) is 7.09. The molecule has 1 heterocycles. The minimum Gasteiger partial charge on any atom is -0.481 e. The lowest BCUT2D eigenvalue weighted by Crippen LogP contribution is -2.37. The summed E-state index contributed by atoms with van der Waals surface area (Å²) in [6, 6.07) is 0.0698. The first kappa shape index (κ1) is 15.4. The minimum atomic E-state index is -0.743. The van der Waals surface area contributed by atoms with Gasteiger partial charge >= 0.3 is 12.0 Å². The van der Waals surface area contributed by atoms with Gasteiger partial charge in [-0.15, -0.1) is 5.10 Å². The molecule has 0 aromatic carbocycles. The third-order valence-corrected chi connectivity index (χ3v) is 3.69. The highest BCUT2D eigenvalue weighted by Crippen LogP contribution is 2.29. The van der Waals surface area contributed by atoms with Crippen LogP contribution in [-0.4, -0.2) is 40.3 Å². The summed E-state index contributed by atoms with van der Waals surface area (Å²) in [5.74, 6) is -0.888. The first-order valence-electron chi connectivity index (χ1n) is 7.09. The van der Waals surface area contributed by atoms with Crippen LogP contribution in [0, 0.1) is 18.8 Å². The molecule has 8 heteroatoms. The van der Waals surface area contributed by atoms with E-state index in [9.17, 15) is 14.7 Å². The Balaban J connectivity index is 1.72. The van der Waals surface area contributed by atoms with E-state index in [-0.39, 0.29) is 30.3 Å². The van der Waals surface area contributed by atoms with Gasteiger partial charge in [-0.2, -0.15) is 0 Å². The van der Waals surface area contributed by atoms with Gasteiger partial charge in [0.05, 0.1) is 12.5 Å². The second-order valence-corrected chi connectivity index (χ2v) is 5.29. The van der Waals surface area contributed by atoms with Crippen molar-refractivity contribution < 1.29 is 19.1 Å². The van der Waals surface area contributed by atoms with Crippen molar-refractivity contribution >= 4 is 17.9 Å². The van der Waals surface area contributed by atoms with E-state index in [1.807, 2.05) is 0 Å². The Labute approximate surface area is 122 Å². The summed E-state index contributed by atoms with van der Waals surface area (Å²) in [7, 11) is 0. The molecule has 2 atom stereocenters. The lowest BCUT2D eigenvalue weighted by Gasteiger charge is -2.28. The van der Waals surface area contributed by atoms with Crippen LogP contribution in [0.2, 0.25) is 0 Å². The predicted octanol–water partition coefficient (Wildman–Crippen LogP) is 0.797. The van der Waals surface area contributed by atoms with Crippen molar-refractivity contribution in [3.05, 3.63) is 5.89 Å². The molecule has 1 aliphatic rings. The molecule has 1 amide bonds. The van der Waals surface area contributed by atoms with Gasteiger partial charge in [0.25, 0.3) is 0 Å². The van der Waals surface area contributed by atoms with Crippen molar-refractivity contribution in [3.8, 4) is 0 Å². The topological polar surface area (TPSA) is 117 Å². The molecule has 21 heavy (non-hydrogen) atoms. The number of anilines is 1. The number of aryl methyl sites for hydroxylation is 1. The minimum absolute atomic E-state index is 0.0698. The molecule has 1 aliphatic carbocycles. The number of amides is 1. The van der Waals surface area contributed by atoms with Crippen LogP contribution >= 0.6 is 0 Å². The maximum atomic E-state index is 11.7. The smallest absolute Gasteiger partial charge is 0.322 e. The fraction of sp³-hybridized carbons (Fsp3) is 0.692. The zero-order valence-electron chi connectivity index (χ0n) is 12.0. The lowest BCUT2D eigenvalue weighted by atomic mass is 9.79. The fourth-order valence-electron chi connectivity index (χ4n) is 2.66. The number of carbonyl (C=O) groups is 2. The highest BCUT2D eigenvalue weighted by Gasteiger charge is 2.30.